The highest BCUT2D eigenvalue weighted by molar-refractivity contribution is 7.89. The minimum atomic E-state index is -3.09. The second-order valence-corrected chi connectivity index (χ2v) is 7.31. The Labute approximate surface area is 135 Å². The van der Waals surface area contributed by atoms with E-state index in [9.17, 15) is 8.42 Å². The number of sulfonamides is 1. The zero-order valence-corrected chi connectivity index (χ0v) is 13.8. The van der Waals surface area contributed by atoms with Crippen LogP contribution < -0.4 is 15.8 Å². The summed E-state index contributed by atoms with van der Waals surface area (Å²) in [6, 6.07) is 5.15. The number of hydrogen-bond acceptors (Lipinski definition) is 4. The molecule has 1 aromatic carbocycles. The van der Waals surface area contributed by atoms with Gasteiger partial charge in [0.15, 0.2) is 5.96 Å². The zero-order chi connectivity index (χ0) is 16.2. The summed E-state index contributed by atoms with van der Waals surface area (Å²) in [7, 11) is -1.55. The molecule has 0 unspecified atom stereocenters. The molecule has 1 saturated heterocycles. The second kappa shape index (κ2) is 7.17. The van der Waals surface area contributed by atoms with Gasteiger partial charge in [-0.3, -0.25) is 4.99 Å². The van der Waals surface area contributed by atoms with Gasteiger partial charge in [-0.1, -0.05) is 11.6 Å². The van der Waals surface area contributed by atoms with Crippen LogP contribution in [0.5, 0.6) is 5.75 Å². The van der Waals surface area contributed by atoms with E-state index >= 15 is 0 Å². The predicted molar refractivity (Wildman–Crippen MR) is 88.1 cm³/mol. The van der Waals surface area contributed by atoms with E-state index in [0.29, 0.717) is 42.5 Å². The van der Waals surface area contributed by atoms with Crippen LogP contribution in [0.25, 0.3) is 0 Å². The Bertz CT molecular complexity index is 663. The minimum Gasteiger partial charge on any atom is -0.495 e. The van der Waals surface area contributed by atoms with Crippen molar-refractivity contribution in [2.75, 3.05) is 37.8 Å². The van der Waals surface area contributed by atoms with Gasteiger partial charge in [0.2, 0.25) is 10.0 Å². The summed E-state index contributed by atoms with van der Waals surface area (Å²) in [5.41, 5.74) is 6.46. The number of nitrogens with zero attached hydrogens (tertiary/aromatic N) is 2. The standard InChI is InChI=1S/C13H19ClN4O3S/c1-21-12-4-3-10(9-11(12)14)17-13(15)16-5-7-18-6-2-8-22(18,19)20/h3-4,9H,2,5-8H2,1H3,(H3,15,16,17). The maximum absolute atomic E-state index is 11.6. The number of rotatable bonds is 5. The summed E-state index contributed by atoms with van der Waals surface area (Å²) >= 11 is 6.02. The van der Waals surface area contributed by atoms with E-state index in [1.807, 2.05) is 0 Å². The van der Waals surface area contributed by atoms with Crippen molar-refractivity contribution in [2.24, 2.45) is 10.7 Å². The Morgan fingerprint density at radius 3 is 2.91 bits per heavy atom. The van der Waals surface area contributed by atoms with Gasteiger partial charge in [-0.25, -0.2) is 12.7 Å². The molecule has 22 heavy (non-hydrogen) atoms. The van der Waals surface area contributed by atoms with Crippen molar-refractivity contribution in [3.05, 3.63) is 23.2 Å². The zero-order valence-electron chi connectivity index (χ0n) is 12.3. The number of nitrogens with one attached hydrogen (secondary N) is 1. The van der Waals surface area contributed by atoms with Crippen LogP contribution in [0.3, 0.4) is 0 Å². The number of nitrogens with two attached hydrogens (primary N) is 1. The van der Waals surface area contributed by atoms with Gasteiger partial charge in [0.1, 0.15) is 5.75 Å². The summed E-state index contributed by atoms with van der Waals surface area (Å²) in [4.78, 5) is 4.12. The largest absolute Gasteiger partial charge is 0.495 e. The number of benzene rings is 1. The van der Waals surface area contributed by atoms with E-state index < -0.39 is 10.0 Å². The van der Waals surface area contributed by atoms with Gasteiger partial charge in [-0.2, -0.15) is 0 Å². The monoisotopic (exact) mass is 346 g/mol. The molecule has 1 aromatic rings. The highest BCUT2D eigenvalue weighted by Crippen LogP contribution is 2.27. The van der Waals surface area contributed by atoms with Crippen LogP contribution in [0.4, 0.5) is 5.69 Å². The summed E-state index contributed by atoms with van der Waals surface area (Å²) in [5.74, 6) is 0.995. The molecule has 0 atom stereocenters. The molecule has 2 rings (SSSR count). The average molecular weight is 347 g/mol. The molecule has 0 aromatic heterocycles. The molecule has 0 saturated carbocycles. The van der Waals surface area contributed by atoms with Crippen molar-refractivity contribution in [2.45, 2.75) is 6.42 Å². The maximum atomic E-state index is 11.6. The van der Waals surface area contributed by atoms with Gasteiger partial charge < -0.3 is 15.8 Å². The molecule has 1 aliphatic heterocycles. The van der Waals surface area contributed by atoms with E-state index in [0.717, 1.165) is 0 Å². The fraction of sp³-hybridized carbons (Fsp3) is 0.462. The Morgan fingerprint density at radius 2 is 2.32 bits per heavy atom. The van der Waals surface area contributed by atoms with Gasteiger partial charge in [-0.15, -0.1) is 0 Å². The Morgan fingerprint density at radius 1 is 1.55 bits per heavy atom. The van der Waals surface area contributed by atoms with Crippen LogP contribution in [-0.2, 0) is 10.0 Å². The number of guanidine groups is 1. The highest BCUT2D eigenvalue weighted by atomic mass is 35.5. The first-order chi connectivity index (χ1) is 10.4. The van der Waals surface area contributed by atoms with Gasteiger partial charge in [0.05, 0.1) is 24.4 Å². The van der Waals surface area contributed by atoms with Crippen LogP contribution >= 0.6 is 11.6 Å². The second-order valence-electron chi connectivity index (χ2n) is 4.81. The molecular weight excluding hydrogens is 328 g/mol. The minimum absolute atomic E-state index is 0.206. The van der Waals surface area contributed by atoms with Crippen molar-refractivity contribution in [1.82, 2.24) is 4.31 Å². The first-order valence-electron chi connectivity index (χ1n) is 6.80. The van der Waals surface area contributed by atoms with Crippen molar-refractivity contribution >= 4 is 33.3 Å². The number of methoxy groups -OCH3 is 1. The molecule has 9 heteroatoms. The third kappa shape index (κ3) is 4.25. The lowest BCUT2D eigenvalue weighted by Gasteiger charge is -2.13. The fourth-order valence-electron chi connectivity index (χ4n) is 2.16. The summed E-state index contributed by atoms with van der Waals surface area (Å²) in [6.45, 7) is 1.20. The van der Waals surface area contributed by atoms with Gasteiger partial charge in [0, 0.05) is 18.8 Å². The van der Waals surface area contributed by atoms with Crippen LogP contribution in [-0.4, -0.2) is 51.2 Å². The molecule has 0 bridgehead atoms. The van der Waals surface area contributed by atoms with Crippen molar-refractivity contribution in [1.29, 1.82) is 0 Å². The van der Waals surface area contributed by atoms with Crippen molar-refractivity contribution < 1.29 is 13.2 Å². The molecule has 1 heterocycles. The van der Waals surface area contributed by atoms with E-state index in [4.69, 9.17) is 22.1 Å². The Balaban J connectivity index is 1.89. The smallest absolute Gasteiger partial charge is 0.214 e. The molecule has 122 valence electrons. The van der Waals surface area contributed by atoms with Crippen LogP contribution in [0, 0.1) is 0 Å². The number of aliphatic imine (C=N–C) groups is 1. The van der Waals surface area contributed by atoms with Gasteiger partial charge in [0.25, 0.3) is 0 Å². The SMILES string of the molecule is COc1ccc(NC(N)=NCCN2CCCS2(=O)=O)cc1Cl. The van der Waals surface area contributed by atoms with E-state index in [2.05, 4.69) is 10.3 Å². The van der Waals surface area contributed by atoms with Crippen LogP contribution in [0.1, 0.15) is 6.42 Å². The Kier molecular flexibility index (Phi) is 5.49. The number of ether oxygens (including phenoxy) is 1. The molecular formula is C13H19ClN4O3S. The van der Waals surface area contributed by atoms with E-state index in [1.54, 1.807) is 18.2 Å². The van der Waals surface area contributed by atoms with Crippen LogP contribution in [0.15, 0.2) is 23.2 Å². The molecule has 3 N–H and O–H groups in total. The third-order valence-electron chi connectivity index (χ3n) is 3.26. The van der Waals surface area contributed by atoms with Crippen molar-refractivity contribution in [3.8, 4) is 5.75 Å². The van der Waals surface area contributed by atoms with Gasteiger partial charge in [-0.05, 0) is 24.6 Å². The number of halogens is 1. The lowest BCUT2D eigenvalue weighted by Crippen LogP contribution is -2.30. The van der Waals surface area contributed by atoms with Gasteiger partial charge >= 0.3 is 0 Å². The summed E-state index contributed by atoms with van der Waals surface area (Å²) < 4.78 is 29.8. The van der Waals surface area contributed by atoms with E-state index in [-0.39, 0.29) is 11.7 Å². The number of anilines is 1. The maximum Gasteiger partial charge on any atom is 0.214 e. The predicted octanol–water partition coefficient (Wildman–Crippen LogP) is 1.11. The quantitative estimate of drug-likeness (QED) is 0.615. The van der Waals surface area contributed by atoms with Crippen molar-refractivity contribution in [3.63, 3.8) is 0 Å². The molecule has 0 radical (unpaired) electrons. The third-order valence-corrected chi connectivity index (χ3v) is 5.51. The molecule has 0 aliphatic carbocycles. The van der Waals surface area contributed by atoms with E-state index in [1.165, 1.54) is 11.4 Å². The molecule has 1 aliphatic rings. The molecule has 0 spiro atoms. The summed E-state index contributed by atoms with van der Waals surface area (Å²) in [6.07, 6.45) is 0.671. The molecule has 7 nitrogen and oxygen atoms in total. The number of hydrogen-bond donors (Lipinski definition) is 2. The van der Waals surface area contributed by atoms with Crippen LogP contribution in [0.2, 0.25) is 5.02 Å². The Hall–Kier alpha value is -1.51. The molecule has 1 fully saturated rings. The first kappa shape index (κ1) is 16.9. The highest BCUT2D eigenvalue weighted by Gasteiger charge is 2.27. The fourth-order valence-corrected chi connectivity index (χ4v) is 3.93. The lowest BCUT2D eigenvalue weighted by atomic mass is 10.3. The normalized spacial score (nSPS) is 18.4. The molecule has 0 amide bonds. The topological polar surface area (TPSA) is 97.0 Å². The lowest BCUT2D eigenvalue weighted by molar-refractivity contribution is 0.415. The first-order valence-corrected chi connectivity index (χ1v) is 8.79. The average Bonchev–Trinajstić information content (AvgIpc) is 2.78. The summed E-state index contributed by atoms with van der Waals surface area (Å²) in [5, 5.41) is 3.36.